The summed E-state index contributed by atoms with van der Waals surface area (Å²) in [5.74, 6) is -0.511. The maximum atomic E-state index is 13.4. The maximum absolute atomic E-state index is 13.4. The first-order chi connectivity index (χ1) is 17.2. The third-order valence-corrected chi connectivity index (χ3v) is 8.21. The Morgan fingerprint density at radius 1 is 1.03 bits per heavy atom. The van der Waals surface area contributed by atoms with E-state index in [9.17, 15) is 18.0 Å². The van der Waals surface area contributed by atoms with E-state index in [0.29, 0.717) is 15.7 Å². The molecule has 0 saturated heterocycles. The molecule has 0 fully saturated rings. The molecule has 0 aliphatic carbocycles. The highest BCUT2D eigenvalue weighted by Crippen LogP contribution is 2.26. The zero-order chi connectivity index (χ0) is 27.9. The third kappa shape index (κ3) is 8.90. The molecule has 2 rings (SSSR count). The molecule has 2 atom stereocenters. The topological polar surface area (TPSA) is 86.8 Å². The second-order valence-corrected chi connectivity index (χ2v) is 12.2. The second-order valence-electron chi connectivity index (χ2n) is 9.49. The van der Waals surface area contributed by atoms with Gasteiger partial charge in [0, 0.05) is 25.6 Å². The Morgan fingerprint density at radius 2 is 1.70 bits per heavy atom. The number of nitrogens with zero attached hydrogens (tertiary/aromatic N) is 2. The van der Waals surface area contributed by atoms with Gasteiger partial charge in [-0.1, -0.05) is 48.3 Å². The van der Waals surface area contributed by atoms with Crippen molar-refractivity contribution >= 4 is 50.7 Å². The molecule has 0 saturated carbocycles. The first-order valence-corrected chi connectivity index (χ1v) is 14.9. The van der Waals surface area contributed by atoms with E-state index in [1.807, 2.05) is 45.9 Å². The lowest BCUT2D eigenvalue weighted by Crippen LogP contribution is -2.49. The van der Waals surface area contributed by atoms with Crippen molar-refractivity contribution in [3.05, 3.63) is 63.1 Å². The van der Waals surface area contributed by atoms with Crippen LogP contribution in [0.2, 0.25) is 10.0 Å². The first-order valence-electron chi connectivity index (χ1n) is 12.3. The fourth-order valence-corrected chi connectivity index (χ4v) is 5.19. The fourth-order valence-electron chi connectivity index (χ4n) is 3.85. The van der Waals surface area contributed by atoms with Crippen LogP contribution >= 0.6 is 23.2 Å². The van der Waals surface area contributed by atoms with Gasteiger partial charge in [-0.15, -0.1) is 0 Å². The quantitative estimate of drug-likeness (QED) is 0.366. The lowest BCUT2D eigenvalue weighted by molar-refractivity contribution is -0.140. The molecule has 0 heterocycles. The summed E-state index contributed by atoms with van der Waals surface area (Å²) < 4.78 is 26.5. The summed E-state index contributed by atoms with van der Waals surface area (Å²) in [7, 11) is -3.56. The third-order valence-electron chi connectivity index (χ3n) is 6.29. The van der Waals surface area contributed by atoms with Gasteiger partial charge < -0.3 is 10.2 Å². The van der Waals surface area contributed by atoms with Crippen molar-refractivity contribution < 1.29 is 18.0 Å². The number of sulfonamides is 1. The van der Waals surface area contributed by atoms with E-state index >= 15 is 0 Å². The van der Waals surface area contributed by atoms with Gasteiger partial charge in [-0.25, -0.2) is 8.42 Å². The number of rotatable bonds is 12. The Kier molecular flexibility index (Phi) is 11.3. The van der Waals surface area contributed by atoms with E-state index in [-0.39, 0.29) is 43.8 Å². The van der Waals surface area contributed by atoms with Gasteiger partial charge in [-0.05, 0) is 75.4 Å². The molecule has 0 radical (unpaired) electrons. The monoisotopic (exact) mass is 569 g/mol. The molecule has 0 aliphatic heterocycles. The van der Waals surface area contributed by atoms with Crippen molar-refractivity contribution in [2.24, 2.45) is 0 Å². The van der Waals surface area contributed by atoms with Crippen LogP contribution in [0.25, 0.3) is 0 Å². The van der Waals surface area contributed by atoms with Crippen molar-refractivity contribution in [3.8, 4) is 0 Å². The van der Waals surface area contributed by atoms with E-state index in [2.05, 4.69) is 5.32 Å². The zero-order valence-electron chi connectivity index (χ0n) is 22.3. The van der Waals surface area contributed by atoms with E-state index < -0.39 is 16.1 Å². The number of hydrogen-bond acceptors (Lipinski definition) is 4. The summed E-state index contributed by atoms with van der Waals surface area (Å²) in [5, 5.41) is 3.69. The van der Waals surface area contributed by atoms with Crippen LogP contribution in [0.4, 0.5) is 5.69 Å². The SMILES string of the molecule is CC[C@H](C)NC(=O)[C@@H](C)N(Cc1ccc(Cl)c(Cl)c1)C(=O)CCCN(c1cc(C)ccc1C)S(C)(=O)=O. The van der Waals surface area contributed by atoms with Crippen molar-refractivity contribution in [1.29, 1.82) is 0 Å². The number of anilines is 1. The average Bonchev–Trinajstić information content (AvgIpc) is 2.82. The van der Waals surface area contributed by atoms with E-state index in [4.69, 9.17) is 23.2 Å². The Balaban J connectivity index is 2.24. The van der Waals surface area contributed by atoms with Crippen LogP contribution in [0.15, 0.2) is 36.4 Å². The average molecular weight is 571 g/mol. The van der Waals surface area contributed by atoms with Crippen LogP contribution in [-0.4, -0.2) is 50.0 Å². The minimum atomic E-state index is -3.56. The molecule has 0 spiro atoms. The summed E-state index contributed by atoms with van der Waals surface area (Å²) in [6.45, 7) is 9.63. The van der Waals surface area contributed by atoms with Crippen LogP contribution in [0.1, 0.15) is 56.7 Å². The van der Waals surface area contributed by atoms with Gasteiger partial charge in [0.25, 0.3) is 0 Å². The number of benzene rings is 2. The Bertz CT molecular complexity index is 1220. The highest BCUT2D eigenvalue weighted by Gasteiger charge is 2.27. The summed E-state index contributed by atoms with van der Waals surface area (Å²) >= 11 is 12.2. The number of hydrogen-bond donors (Lipinski definition) is 1. The lowest BCUT2D eigenvalue weighted by Gasteiger charge is -2.30. The standard InChI is InChI=1S/C27H37Cl2N3O4S/c1-7-20(4)30-27(34)21(5)31(17-22-12-13-23(28)24(29)16-22)26(33)9-8-14-32(37(6,35)36)25-15-18(2)10-11-19(25)3/h10-13,15-16,20-21H,7-9,14,17H2,1-6H3,(H,30,34)/t20-,21+/m0/s1. The summed E-state index contributed by atoms with van der Waals surface area (Å²) in [6, 6.07) is 9.96. The van der Waals surface area contributed by atoms with Gasteiger partial charge in [0.05, 0.1) is 22.0 Å². The highest BCUT2D eigenvalue weighted by atomic mass is 35.5. The van der Waals surface area contributed by atoms with Gasteiger partial charge in [-0.2, -0.15) is 0 Å². The zero-order valence-corrected chi connectivity index (χ0v) is 24.7. The molecule has 0 bridgehead atoms. The van der Waals surface area contributed by atoms with Crippen LogP contribution < -0.4 is 9.62 Å². The number of halogens is 2. The molecule has 2 amide bonds. The summed E-state index contributed by atoms with van der Waals surface area (Å²) in [4.78, 5) is 27.8. The predicted octanol–water partition coefficient (Wildman–Crippen LogP) is 5.49. The normalized spacial score (nSPS) is 13.1. The van der Waals surface area contributed by atoms with Gasteiger partial charge in [0.15, 0.2) is 0 Å². The molecule has 2 aromatic carbocycles. The number of carbonyl (C=O) groups excluding carboxylic acids is 2. The van der Waals surface area contributed by atoms with Crippen LogP contribution in [0, 0.1) is 13.8 Å². The fraction of sp³-hybridized carbons (Fsp3) is 0.481. The predicted molar refractivity (Wildman–Crippen MR) is 152 cm³/mol. The Labute approximate surface area is 231 Å². The minimum Gasteiger partial charge on any atom is -0.352 e. The van der Waals surface area contributed by atoms with Gasteiger partial charge in [-0.3, -0.25) is 13.9 Å². The molecule has 0 aromatic heterocycles. The number of nitrogens with one attached hydrogen (secondary N) is 1. The minimum absolute atomic E-state index is 0.0298. The molecular formula is C27H37Cl2N3O4S. The smallest absolute Gasteiger partial charge is 0.242 e. The largest absolute Gasteiger partial charge is 0.352 e. The molecular weight excluding hydrogens is 533 g/mol. The summed E-state index contributed by atoms with van der Waals surface area (Å²) in [5.41, 5.74) is 3.11. The van der Waals surface area contributed by atoms with Crippen molar-refractivity contribution in [3.63, 3.8) is 0 Å². The molecule has 2 aromatic rings. The molecule has 1 N–H and O–H groups in total. The van der Waals surface area contributed by atoms with E-state index in [0.717, 1.165) is 29.4 Å². The Hall–Kier alpha value is -2.29. The number of amides is 2. The van der Waals surface area contributed by atoms with Crippen molar-refractivity contribution in [1.82, 2.24) is 10.2 Å². The number of aryl methyl sites for hydroxylation is 2. The van der Waals surface area contributed by atoms with E-state index in [1.54, 1.807) is 25.1 Å². The summed E-state index contributed by atoms with van der Waals surface area (Å²) in [6.07, 6.45) is 2.28. The van der Waals surface area contributed by atoms with Crippen molar-refractivity contribution in [2.45, 2.75) is 72.5 Å². The van der Waals surface area contributed by atoms with Crippen LogP contribution in [0.5, 0.6) is 0 Å². The molecule has 37 heavy (non-hydrogen) atoms. The van der Waals surface area contributed by atoms with Gasteiger partial charge in [0.1, 0.15) is 6.04 Å². The number of carbonyl (C=O) groups is 2. The van der Waals surface area contributed by atoms with E-state index in [1.165, 1.54) is 9.21 Å². The Morgan fingerprint density at radius 3 is 2.30 bits per heavy atom. The second kappa shape index (κ2) is 13.5. The highest BCUT2D eigenvalue weighted by molar-refractivity contribution is 7.92. The van der Waals surface area contributed by atoms with Gasteiger partial charge in [0.2, 0.25) is 21.8 Å². The first kappa shape index (κ1) is 30.9. The molecule has 7 nitrogen and oxygen atoms in total. The van der Waals surface area contributed by atoms with Crippen LogP contribution in [0.3, 0.4) is 0 Å². The molecule has 10 heteroatoms. The van der Waals surface area contributed by atoms with Crippen LogP contribution in [-0.2, 0) is 26.2 Å². The molecule has 204 valence electrons. The molecule has 0 aliphatic rings. The maximum Gasteiger partial charge on any atom is 0.242 e. The lowest BCUT2D eigenvalue weighted by atomic mass is 10.1. The molecule has 0 unspecified atom stereocenters. The van der Waals surface area contributed by atoms with Crippen molar-refractivity contribution in [2.75, 3.05) is 17.1 Å². The van der Waals surface area contributed by atoms with Gasteiger partial charge >= 0.3 is 0 Å².